The van der Waals surface area contributed by atoms with Crippen molar-refractivity contribution < 1.29 is 0 Å². The van der Waals surface area contributed by atoms with Gasteiger partial charge in [0.1, 0.15) is 11.0 Å². The summed E-state index contributed by atoms with van der Waals surface area (Å²) in [6, 6.07) is 43.5. The first-order valence-electron chi connectivity index (χ1n) is 14.2. The Morgan fingerprint density at radius 2 is 1.05 bits per heavy atom. The molecule has 41 heavy (non-hydrogen) atoms. The van der Waals surface area contributed by atoms with Crippen LogP contribution in [0.3, 0.4) is 0 Å². The van der Waals surface area contributed by atoms with E-state index in [1.54, 1.807) is 0 Å². The molecule has 0 atom stereocenters. The van der Waals surface area contributed by atoms with E-state index >= 15 is 0 Å². The molecule has 0 aliphatic rings. The van der Waals surface area contributed by atoms with E-state index in [1.165, 1.54) is 49.0 Å². The van der Waals surface area contributed by atoms with Crippen molar-refractivity contribution in [3.8, 4) is 16.8 Å². The molecule has 0 aliphatic carbocycles. The Morgan fingerprint density at radius 3 is 1.78 bits per heavy atom. The summed E-state index contributed by atoms with van der Waals surface area (Å²) in [5.41, 5.74) is 6.55. The van der Waals surface area contributed by atoms with Crippen LogP contribution >= 0.6 is 0 Å². The Kier molecular flexibility index (Phi) is 5.08. The van der Waals surface area contributed by atoms with Crippen LogP contribution in [0.5, 0.6) is 0 Å². The highest BCUT2D eigenvalue weighted by molar-refractivity contribution is 6.19. The Morgan fingerprint density at radius 1 is 0.488 bits per heavy atom. The molecule has 196 valence electrons. The van der Waals surface area contributed by atoms with Gasteiger partial charge in [-0.2, -0.15) is 0 Å². The molecule has 1 aromatic heterocycles. The van der Waals surface area contributed by atoms with Crippen LogP contribution in [-0.4, -0.2) is 15.0 Å². The summed E-state index contributed by atoms with van der Waals surface area (Å²) in [6.45, 7) is 6.79. The summed E-state index contributed by atoms with van der Waals surface area (Å²) >= 11 is 0. The maximum Gasteiger partial charge on any atom is 0.121 e. The minimum absolute atomic E-state index is 0.0358. The molecule has 8 rings (SSSR count). The molecule has 0 aliphatic heterocycles. The third kappa shape index (κ3) is 3.66. The normalized spacial score (nSPS) is 12.3. The lowest BCUT2D eigenvalue weighted by atomic mass is 9.83. The average molecular weight is 528 g/mol. The number of fused-ring (bicyclic) bond motifs is 7. The van der Waals surface area contributed by atoms with Crippen LogP contribution in [0, 0.1) is 0 Å². The van der Waals surface area contributed by atoms with Crippen molar-refractivity contribution in [1.82, 2.24) is 15.0 Å². The molecule has 0 bridgehead atoms. The standard InChI is InChI=1S/C38H29N3/c1-38(2,3)34-20-21-36(30-18-10-9-17-29(30)34)41-39-35-23-33(28-16-8-11-19-31(28)37(35)40-41)32-22-24-12-4-5-13-25(24)26-14-6-7-15-27(26)32/h4-23H,1-3H3. The zero-order valence-electron chi connectivity index (χ0n) is 23.4. The molecule has 0 saturated heterocycles. The predicted molar refractivity (Wildman–Crippen MR) is 173 cm³/mol. The van der Waals surface area contributed by atoms with E-state index in [4.69, 9.17) is 10.2 Å². The topological polar surface area (TPSA) is 30.7 Å². The van der Waals surface area contributed by atoms with Gasteiger partial charge in [0.05, 0.1) is 5.69 Å². The van der Waals surface area contributed by atoms with Crippen LogP contribution in [0.25, 0.3) is 70.9 Å². The maximum atomic E-state index is 5.11. The molecule has 0 spiro atoms. The molecule has 0 unspecified atom stereocenters. The van der Waals surface area contributed by atoms with Crippen LogP contribution in [0.1, 0.15) is 26.3 Å². The highest BCUT2D eigenvalue weighted by atomic mass is 15.5. The first-order valence-corrected chi connectivity index (χ1v) is 14.2. The van der Waals surface area contributed by atoms with Gasteiger partial charge in [0.25, 0.3) is 0 Å². The van der Waals surface area contributed by atoms with Gasteiger partial charge < -0.3 is 0 Å². The van der Waals surface area contributed by atoms with Crippen molar-refractivity contribution in [2.75, 3.05) is 0 Å². The van der Waals surface area contributed by atoms with Crippen LogP contribution in [0.2, 0.25) is 0 Å². The molecule has 7 aromatic carbocycles. The SMILES string of the molecule is CC(C)(C)c1ccc(-n2nc3cc(-c4cc5ccccc5c5ccccc45)c4ccccc4c3n2)c2ccccc12. The van der Waals surface area contributed by atoms with E-state index in [2.05, 4.69) is 142 Å². The molecule has 0 saturated carbocycles. The molecule has 0 radical (unpaired) electrons. The average Bonchev–Trinajstić information content (AvgIpc) is 3.43. The van der Waals surface area contributed by atoms with Crippen LogP contribution < -0.4 is 0 Å². The maximum absolute atomic E-state index is 5.11. The van der Waals surface area contributed by atoms with Gasteiger partial charge in [0, 0.05) is 10.8 Å². The van der Waals surface area contributed by atoms with E-state index < -0.39 is 0 Å². The smallest absolute Gasteiger partial charge is 0.121 e. The summed E-state index contributed by atoms with van der Waals surface area (Å²) in [6.07, 6.45) is 0. The Hall–Kier alpha value is -5.02. The second-order valence-corrected chi connectivity index (χ2v) is 11.9. The van der Waals surface area contributed by atoms with Gasteiger partial charge >= 0.3 is 0 Å². The van der Waals surface area contributed by atoms with Crippen molar-refractivity contribution >= 4 is 54.1 Å². The largest absolute Gasteiger partial charge is 0.150 e. The minimum atomic E-state index is 0.0358. The molecule has 8 aromatic rings. The van der Waals surface area contributed by atoms with Gasteiger partial charge in [-0.15, -0.1) is 15.0 Å². The highest BCUT2D eigenvalue weighted by Gasteiger charge is 2.20. The number of rotatable bonds is 2. The monoisotopic (exact) mass is 527 g/mol. The molecule has 3 nitrogen and oxygen atoms in total. The lowest BCUT2D eigenvalue weighted by Gasteiger charge is -2.22. The van der Waals surface area contributed by atoms with Gasteiger partial charge in [0.15, 0.2) is 0 Å². The van der Waals surface area contributed by atoms with Gasteiger partial charge in [-0.1, -0.05) is 124 Å². The molecular weight excluding hydrogens is 498 g/mol. The van der Waals surface area contributed by atoms with E-state index in [0.717, 1.165) is 27.5 Å². The number of hydrogen-bond acceptors (Lipinski definition) is 2. The molecular formula is C38H29N3. The van der Waals surface area contributed by atoms with Gasteiger partial charge in [-0.05, 0) is 72.6 Å². The molecule has 0 N–H and O–H groups in total. The predicted octanol–water partition coefficient (Wildman–Crippen LogP) is 10.00. The molecule has 1 heterocycles. The Labute approximate surface area is 238 Å². The van der Waals surface area contributed by atoms with E-state index in [1.807, 2.05) is 4.80 Å². The number of aromatic nitrogens is 3. The fourth-order valence-corrected chi connectivity index (χ4v) is 6.46. The van der Waals surface area contributed by atoms with Crippen LogP contribution in [0.15, 0.2) is 121 Å². The van der Waals surface area contributed by atoms with E-state index in [0.29, 0.717) is 0 Å². The van der Waals surface area contributed by atoms with Crippen molar-refractivity contribution in [2.45, 2.75) is 26.2 Å². The quantitative estimate of drug-likeness (QED) is 0.209. The van der Waals surface area contributed by atoms with Crippen molar-refractivity contribution in [3.05, 3.63) is 127 Å². The summed E-state index contributed by atoms with van der Waals surface area (Å²) in [4.78, 5) is 1.83. The fraction of sp³-hybridized carbons (Fsp3) is 0.105. The number of benzene rings is 7. The number of nitrogens with zero attached hydrogens (tertiary/aromatic N) is 3. The summed E-state index contributed by atoms with van der Waals surface area (Å²) in [5.74, 6) is 0. The van der Waals surface area contributed by atoms with E-state index in [9.17, 15) is 0 Å². The van der Waals surface area contributed by atoms with Gasteiger partial charge in [-0.3, -0.25) is 0 Å². The Bertz CT molecular complexity index is 2300. The van der Waals surface area contributed by atoms with Gasteiger partial charge in [-0.25, -0.2) is 0 Å². The van der Waals surface area contributed by atoms with E-state index in [-0.39, 0.29) is 5.41 Å². The van der Waals surface area contributed by atoms with Gasteiger partial charge in [0.2, 0.25) is 0 Å². The van der Waals surface area contributed by atoms with Crippen LogP contribution in [-0.2, 0) is 5.41 Å². The first kappa shape index (κ1) is 23.8. The molecule has 3 heteroatoms. The summed E-state index contributed by atoms with van der Waals surface area (Å²) < 4.78 is 0. The summed E-state index contributed by atoms with van der Waals surface area (Å²) in [5, 5.41) is 19.9. The zero-order chi connectivity index (χ0) is 27.7. The molecule has 0 amide bonds. The highest BCUT2D eigenvalue weighted by Crippen LogP contribution is 2.40. The minimum Gasteiger partial charge on any atom is -0.150 e. The Balaban J connectivity index is 1.42. The van der Waals surface area contributed by atoms with Crippen molar-refractivity contribution in [1.29, 1.82) is 0 Å². The number of hydrogen-bond donors (Lipinski definition) is 0. The zero-order valence-corrected chi connectivity index (χ0v) is 23.4. The molecule has 0 fully saturated rings. The fourth-order valence-electron chi connectivity index (χ4n) is 6.46. The second kappa shape index (κ2) is 8.74. The van der Waals surface area contributed by atoms with Crippen molar-refractivity contribution in [3.63, 3.8) is 0 Å². The second-order valence-electron chi connectivity index (χ2n) is 11.9. The third-order valence-electron chi connectivity index (χ3n) is 8.38. The lowest BCUT2D eigenvalue weighted by molar-refractivity contribution is 0.595. The first-order chi connectivity index (χ1) is 20.0. The summed E-state index contributed by atoms with van der Waals surface area (Å²) in [7, 11) is 0. The third-order valence-corrected chi connectivity index (χ3v) is 8.38. The van der Waals surface area contributed by atoms with Crippen molar-refractivity contribution in [2.24, 2.45) is 0 Å². The van der Waals surface area contributed by atoms with Crippen LogP contribution in [0.4, 0.5) is 0 Å². The lowest BCUT2D eigenvalue weighted by Crippen LogP contribution is -2.12.